The van der Waals surface area contributed by atoms with Crippen LogP contribution in [0.3, 0.4) is 0 Å². The quantitative estimate of drug-likeness (QED) is 0.190. The zero-order valence-corrected chi connectivity index (χ0v) is 26.9. The Morgan fingerprint density at radius 3 is 1.59 bits per heavy atom. The summed E-state index contributed by atoms with van der Waals surface area (Å²) >= 11 is 0. The van der Waals surface area contributed by atoms with E-state index in [2.05, 4.69) is 21.3 Å². The molecule has 0 aliphatic rings. The lowest BCUT2D eigenvalue weighted by molar-refractivity contribution is -0.136. The summed E-state index contributed by atoms with van der Waals surface area (Å²) in [6, 6.07) is 17.4. The lowest BCUT2D eigenvalue weighted by atomic mass is 9.88. The van der Waals surface area contributed by atoms with Crippen molar-refractivity contribution in [2.75, 3.05) is 20.1 Å². The molecule has 0 radical (unpaired) electrons. The highest BCUT2D eigenvalue weighted by molar-refractivity contribution is 5.84. The summed E-state index contributed by atoms with van der Waals surface area (Å²) in [7, 11) is 1.41. The van der Waals surface area contributed by atoms with Crippen LogP contribution in [0.25, 0.3) is 0 Å². The van der Waals surface area contributed by atoms with Gasteiger partial charge < -0.3 is 41.0 Å². The Morgan fingerprint density at radius 1 is 0.727 bits per heavy atom. The summed E-state index contributed by atoms with van der Waals surface area (Å²) < 4.78 is 10.8. The number of ether oxygens (including phenoxy) is 2. The van der Waals surface area contributed by atoms with Crippen LogP contribution in [-0.4, -0.2) is 84.4 Å². The van der Waals surface area contributed by atoms with E-state index in [1.807, 2.05) is 60.7 Å². The normalized spacial score (nSPS) is 15.2. The summed E-state index contributed by atoms with van der Waals surface area (Å²) in [6.45, 7) is 10.7. The van der Waals surface area contributed by atoms with Crippen molar-refractivity contribution in [1.29, 1.82) is 0 Å². The number of aliphatic hydroxyl groups excluding tert-OH is 2. The maximum atomic E-state index is 13.4. The van der Waals surface area contributed by atoms with Crippen molar-refractivity contribution >= 4 is 18.1 Å². The Labute approximate surface area is 261 Å². The summed E-state index contributed by atoms with van der Waals surface area (Å²) in [5.41, 5.74) is 0.395. The highest BCUT2D eigenvalue weighted by Gasteiger charge is 2.37. The third kappa shape index (κ3) is 13.3. The average molecular weight is 615 g/mol. The minimum atomic E-state index is -1.11. The van der Waals surface area contributed by atoms with Gasteiger partial charge in [-0.25, -0.2) is 9.59 Å². The fourth-order valence-corrected chi connectivity index (χ4v) is 4.47. The predicted octanol–water partition coefficient (Wildman–Crippen LogP) is 2.93. The molecule has 5 atom stereocenters. The number of hydrogen-bond acceptors (Lipinski definition) is 8. The first-order valence-electron chi connectivity index (χ1n) is 14.9. The van der Waals surface area contributed by atoms with Crippen LogP contribution in [0.4, 0.5) is 9.59 Å². The van der Waals surface area contributed by atoms with Crippen LogP contribution in [0.2, 0.25) is 0 Å². The lowest BCUT2D eigenvalue weighted by Gasteiger charge is -2.32. The molecule has 244 valence electrons. The maximum absolute atomic E-state index is 13.4. The second kappa shape index (κ2) is 17.0. The number of rotatable bonds is 14. The maximum Gasteiger partial charge on any atom is 0.407 e. The third-order valence-electron chi connectivity index (χ3n) is 6.72. The van der Waals surface area contributed by atoms with E-state index in [9.17, 15) is 24.6 Å². The van der Waals surface area contributed by atoms with Crippen molar-refractivity contribution < 1.29 is 34.1 Å². The van der Waals surface area contributed by atoms with Crippen LogP contribution >= 0.6 is 0 Å². The van der Waals surface area contributed by atoms with E-state index in [-0.39, 0.29) is 13.1 Å². The van der Waals surface area contributed by atoms with Crippen molar-refractivity contribution in [2.24, 2.45) is 5.41 Å². The van der Waals surface area contributed by atoms with Gasteiger partial charge in [-0.3, -0.25) is 4.79 Å². The number of carbonyl (C=O) groups excluding carboxylic acids is 3. The number of nitrogens with one attached hydrogen (secondary N) is 4. The average Bonchev–Trinajstić information content (AvgIpc) is 2.94. The topological polar surface area (TPSA) is 158 Å². The Hall–Kier alpha value is -3.67. The fourth-order valence-electron chi connectivity index (χ4n) is 4.47. The molecule has 0 aliphatic carbocycles. The highest BCUT2D eigenvalue weighted by atomic mass is 16.6. The standard InChI is InChI=1S/C33H50N4O7/c1-32(2,3)28(43-30(41)34-7)29(40)36-24(18-22-14-10-8-11-15-22)26(38)20-35-21-27(39)25(19-23-16-12-9-13-17-23)37-31(42)44-33(4,5)6/h8-17,24-28,35,38-39H,18-21H2,1-7H3,(H,34,41)(H,36,40)(H,37,42)/t24-,25+,26?,27+,28?/m1/s1. The van der Waals surface area contributed by atoms with Gasteiger partial charge in [-0.2, -0.15) is 0 Å². The van der Waals surface area contributed by atoms with Crippen LogP contribution in [0.5, 0.6) is 0 Å². The van der Waals surface area contributed by atoms with Gasteiger partial charge in [-0.15, -0.1) is 0 Å². The smallest absolute Gasteiger partial charge is 0.407 e. The second-order valence-corrected chi connectivity index (χ2v) is 12.9. The summed E-state index contributed by atoms with van der Waals surface area (Å²) in [5.74, 6) is -0.536. The van der Waals surface area contributed by atoms with Crippen molar-refractivity contribution in [2.45, 2.75) is 90.4 Å². The van der Waals surface area contributed by atoms with Gasteiger partial charge in [0.1, 0.15) is 5.60 Å². The highest BCUT2D eigenvalue weighted by Crippen LogP contribution is 2.23. The van der Waals surface area contributed by atoms with Crippen molar-refractivity contribution in [3.63, 3.8) is 0 Å². The number of alkyl carbamates (subject to hydrolysis) is 2. The van der Waals surface area contributed by atoms with E-state index >= 15 is 0 Å². The molecule has 0 saturated carbocycles. The fraction of sp³-hybridized carbons (Fsp3) is 0.545. The first-order chi connectivity index (χ1) is 20.6. The molecule has 2 aromatic carbocycles. The van der Waals surface area contributed by atoms with E-state index in [1.54, 1.807) is 41.5 Å². The monoisotopic (exact) mass is 614 g/mol. The van der Waals surface area contributed by atoms with Crippen molar-refractivity contribution in [3.05, 3.63) is 71.8 Å². The molecule has 0 aromatic heterocycles. The molecule has 11 nitrogen and oxygen atoms in total. The molecule has 2 rings (SSSR count). The SMILES string of the molecule is CNC(=O)OC(C(=O)N[C@H](Cc1ccccc1)C(O)CNC[C@H](O)[C@H](Cc1ccccc1)NC(=O)OC(C)(C)C)C(C)(C)C. The number of carbonyl (C=O) groups is 3. The Morgan fingerprint density at radius 2 is 1.18 bits per heavy atom. The zero-order valence-electron chi connectivity index (χ0n) is 26.9. The van der Waals surface area contributed by atoms with Crippen LogP contribution in [-0.2, 0) is 27.1 Å². The van der Waals surface area contributed by atoms with Crippen molar-refractivity contribution in [1.82, 2.24) is 21.3 Å². The van der Waals surface area contributed by atoms with Gasteiger partial charge in [0.2, 0.25) is 0 Å². The Kier molecular flexibility index (Phi) is 14.1. The minimum absolute atomic E-state index is 0.0236. The Balaban J connectivity index is 2.13. The third-order valence-corrected chi connectivity index (χ3v) is 6.72. The Bertz CT molecular complexity index is 1170. The molecule has 0 fully saturated rings. The van der Waals surface area contributed by atoms with Gasteiger partial charge >= 0.3 is 12.2 Å². The molecular weight excluding hydrogens is 564 g/mol. The van der Waals surface area contributed by atoms with E-state index in [0.717, 1.165) is 11.1 Å². The van der Waals surface area contributed by atoms with Gasteiger partial charge in [-0.1, -0.05) is 81.4 Å². The molecule has 0 saturated heterocycles. The molecule has 3 amide bonds. The lowest BCUT2D eigenvalue weighted by Crippen LogP contribution is -2.55. The number of benzene rings is 2. The molecule has 2 unspecified atom stereocenters. The van der Waals surface area contributed by atoms with Crippen LogP contribution in [0, 0.1) is 5.41 Å². The predicted molar refractivity (Wildman–Crippen MR) is 169 cm³/mol. The largest absolute Gasteiger partial charge is 0.444 e. The number of hydrogen-bond donors (Lipinski definition) is 6. The second-order valence-electron chi connectivity index (χ2n) is 12.9. The molecule has 0 bridgehead atoms. The summed E-state index contributed by atoms with van der Waals surface area (Å²) in [6.07, 6.45) is -3.91. The minimum Gasteiger partial charge on any atom is -0.444 e. The summed E-state index contributed by atoms with van der Waals surface area (Å²) in [4.78, 5) is 37.9. The van der Waals surface area contributed by atoms with Gasteiger partial charge in [-0.05, 0) is 44.7 Å². The first-order valence-corrected chi connectivity index (χ1v) is 14.9. The molecule has 0 spiro atoms. The molecule has 0 heterocycles. The van der Waals surface area contributed by atoms with E-state index in [4.69, 9.17) is 9.47 Å². The van der Waals surface area contributed by atoms with Crippen molar-refractivity contribution in [3.8, 4) is 0 Å². The van der Waals surface area contributed by atoms with Gasteiger partial charge in [0.15, 0.2) is 6.10 Å². The summed E-state index contributed by atoms with van der Waals surface area (Å²) in [5, 5.41) is 33.4. The van der Waals surface area contributed by atoms with E-state index in [1.165, 1.54) is 7.05 Å². The molecule has 11 heteroatoms. The molecule has 6 N–H and O–H groups in total. The number of amides is 3. The van der Waals surface area contributed by atoms with Gasteiger partial charge in [0, 0.05) is 25.6 Å². The van der Waals surface area contributed by atoms with Gasteiger partial charge in [0.05, 0.1) is 24.3 Å². The molecule has 44 heavy (non-hydrogen) atoms. The van der Waals surface area contributed by atoms with E-state index < -0.39 is 59.5 Å². The molecule has 0 aliphatic heterocycles. The molecule has 2 aromatic rings. The van der Waals surface area contributed by atoms with Gasteiger partial charge in [0.25, 0.3) is 5.91 Å². The zero-order chi connectivity index (χ0) is 32.9. The van der Waals surface area contributed by atoms with Crippen LogP contribution < -0.4 is 21.3 Å². The van der Waals surface area contributed by atoms with Crippen LogP contribution in [0.15, 0.2) is 60.7 Å². The first kappa shape index (κ1) is 36.5. The van der Waals surface area contributed by atoms with E-state index in [0.29, 0.717) is 12.8 Å². The van der Waals surface area contributed by atoms with Crippen LogP contribution in [0.1, 0.15) is 52.7 Å². The number of aliphatic hydroxyl groups is 2. The molecular formula is C33H50N4O7.